The van der Waals surface area contributed by atoms with E-state index >= 15 is 0 Å². The SMILES string of the molecule is CCCCCCN(CCC(=O)N1CCC(CN(C)C(=O)OCC2c3ccccc3-c3ccccc32)CC1)C[C@@H](O)[C@@H](O)C[C@H](O)COCO. The summed E-state index contributed by atoms with van der Waals surface area (Å²) in [5.41, 5.74) is 4.76. The van der Waals surface area contributed by atoms with Gasteiger partial charge in [-0.1, -0.05) is 74.7 Å². The first-order chi connectivity index (χ1) is 23.7. The minimum Gasteiger partial charge on any atom is -0.448 e. The van der Waals surface area contributed by atoms with Gasteiger partial charge in [-0.15, -0.1) is 0 Å². The molecule has 1 aliphatic heterocycles. The normalized spacial score (nSPS) is 16.7. The van der Waals surface area contributed by atoms with Crippen molar-refractivity contribution in [3.63, 3.8) is 0 Å². The van der Waals surface area contributed by atoms with Gasteiger partial charge in [0.15, 0.2) is 0 Å². The van der Waals surface area contributed by atoms with Crippen molar-refractivity contribution in [2.45, 2.75) is 82.5 Å². The van der Waals surface area contributed by atoms with E-state index in [1.165, 1.54) is 22.3 Å². The van der Waals surface area contributed by atoms with E-state index in [0.29, 0.717) is 39.1 Å². The van der Waals surface area contributed by atoms with Gasteiger partial charge in [0.25, 0.3) is 0 Å². The van der Waals surface area contributed by atoms with Crippen molar-refractivity contribution in [2.75, 3.05) is 66.3 Å². The monoisotopic (exact) mass is 683 g/mol. The van der Waals surface area contributed by atoms with Gasteiger partial charge in [-0.3, -0.25) is 4.79 Å². The molecule has 2 amide bonds. The van der Waals surface area contributed by atoms with Crippen LogP contribution in [0.3, 0.4) is 0 Å². The van der Waals surface area contributed by atoms with E-state index in [4.69, 9.17) is 14.6 Å². The number of carbonyl (C=O) groups is 2. The molecule has 272 valence electrons. The van der Waals surface area contributed by atoms with Crippen molar-refractivity contribution in [3.8, 4) is 11.1 Å². The van der Waals surface area contributed by atoms with Crippen LogP contribution >= 0.6 is 0 Å². The van der Waals surface area contributed by atoms with Crippen molar-refractivity contribution in [3.05, 3.63) is 59.7 Å². The Labute approximate surface area is 291 Å². The van der Waals surface area contributed by atoms with Crippen LogP contribution in [0.25, 0.3) is 11.1 Å². The second-order valence-corrected chi connectivity index (χ2v) is 13.6. The second-order valence-electron chi connectivity index (χ2n) is 13.6. The molecule has 4 N–H and O–H groups in total. The van der Waals surface area contributed by atoms with Crippen molar-refractivity contribution in [1.82, 2.24) is 14.7 Å². The number of benzene rings is 2. The number of fused-ring (bicyclic) bond motifs is 3. The smallest absolute Gasteiger partial charge is 0.409 e. The molecule has 1 aliphatic carbocycles. The maximum atomic E-state index is 13.2. The van der Waals surface area contributed by atoms with Crippen LogP contribution < -0.4 is 0 Å². The third-order valence-electron chi connectivity index (χ3n) is 9.92. The fourth-order valence-corrected chi connectivity index (χ4v) is 7.08. The fourth-order valence-electron chi connectivity index (χ4n) is 7.08. The summed E-state index contributed by atoms with van der Waals surface area (Å²) in [6.07, 6.45) is 2.47. The molecule has 1 heterocycles. The molecule has 2 aromatic carbocycles. The maximum Gasteiger partial charge on any atom is 0.409 e. The van der Waals surface area contributed by atoms with Crippen molar-refractivity contribution in [1.29, 1.82) is 0 Å². The van der Waals surface area contributed by atoms with Crippen LogP contribution in [-0.4, -0.2) is 132 Å². The van der Waals surface area contributed by atoms with E-state index in [9.17, 15) is 24.9 Å². The molecule has 0 aromatic heterocycles. The molecular weight excluding hydrogens is 626 g/mol. The van der Waals surface area contributed by atoms with Gasteiger partial charge in [-0.25, -0.2) is 4.79 Å². The number of likely N-dealkylation sites (tertiary alicyclic amines) is 1. The van der Waals surface area contributed by atoms with E-state index in [1.807, 2.05) is 34.1 Å². The van der Waals surface area contributed by atoms with Crippen LogP contribution in [-0.2, 0) is 14.3 Å². The number of rotatable bonds is 20. The molecule has 0 saturated carbocycles. The van der Waals surface area contributed by atoms with E-state index in [-0.39, 0.29) is 50.0 Å². The summed E-state index contributed by atoms with van der Waals surface area (Å²) in [4.78, 5) is 31.8. The third kappa shape index (κ3) is 11.5. The Morgan fingerprint density at radius 1 is 0.918 bits per heavy atom. The molecule has 11 heteroatoms. The van der Waals surface area contributed by atoms with Crippen molar-refractivity contribution >= 4 is 12.0 Å². The molecule has 2 aromatic rings. The standard InChI is InChI=1S/C38H57N3O8/c1-3-4-5-10-18-40(24-36(45)35(44)22-29(43)25-48-27-42)19-17-37(46)41-20-15-28(16-21-41)23-39(2)38(47)49-26-34-32-13-8-6-11-30(32)31-12-7-9-14-33(31)34/h6-9,11-14,28-29,34-36,42-45H,3-5,10,15-27H2,1-2H3/t29-,35-,36+/m0/s1. The average Bonchev–Trinajstić information content (AvgIpc) is 3.43. The molecular formula is C38H57N3O8. The summed E-state index contributed by atoms with van der Waals surface area (Å²) >= 11 is 0. The molecule has 1 saturated heterocycles. The molecule has 1 fully saturated rings. The minimum atomic E-state index is -1.16. The number of amides is 2. The van der Waals surface area contributed by atoms with Crippen LogP contribution in [0.15, 0.2) is 48.5 Å². The average molecular weight is 684 g/mol. The molecule has 0 radical (unpaired) electrons. The molecule has 49 heavy (non-hydrogen) atoms. The Kier molecular flexibility index (Phi) is 15.8. The Morgan fingerprint density at radius 3 is 2.20 bits per heavy atom. The molecule has 4 rings (SSSR count). The molecule has 0 spiro atoms. The van der Waals surface area contributed by atoms with Crippen LogP contribution in [0.4, 0.5) is 4.79 Å². The summed E-state index contributed by atoms with van der Waals surface area (Å²) in [5.74, 6) is 0.359. The van der Waals surface area contributed by atoms with Crippen LogP contribution in [0.5, 0.6) is 0 Å². The summed E-state index contributed by atoms with van der Waals surface area (Å²) in [6, 6.07) is 16.6. The highest BCUT2D eigenvalue weighted by atomic mass is 16.6. The van der Waals surface area contributed by atoms with E-state index in [2.05, 4.69) is 31.2 Å². The largest absolute Gasteiger partial charge is 0.448 e. The number of hydrogen-bond donors (Lipinski definition) is 4. The number of carbonyl (C=O) groups excluding carboxylic acids is 2. The predicted molar refractivity (Wildman–Crippen MR) is 188 cm³/mol. The first kappa shape index (κ1) is 38.7. The highest BCUT2D eigenvalue weighted by Gasteiger charge is 2.31. The summed E-state index contributed by atoms with van der Waals surface area (Å²) < 4.78 is 10.6. The quantitative estimate of drug-likeness (QED) is 0.121. The zero-order chi connectivity index (χ0) is 35.2. The Balaban J connectivity index is 1.19. The third-order valence-corrected chi connectivity index (χ3v) is 9.92. The van der Waals surface area contributed by atoms with Gasteiger partial charge in [0.05, 0.1) is 24.9 Å². The van der Waals surface area contributed by atoms with Crippen LogP contribution in [0.1, 0.15) is 75.3 Å². The van der Waals surface area contributed by atoms with Gasteiger partial charge in [0.1, 0.15) is 13.4 Å². The highest BCUT2D eigenvalue weighted by Crippen LogP contribution is 2.44. The summed E-state index contributed by atoms with van der Waals surface area (Å²) in [5, 5.41) is 39.8. The molecule has 0 unspecified atom stereocenters. The molecule has 0 bridgehead atoms. The number of aliphatic hydroxyl groups is 4. The number of nitrogens with zero attached hydrogens (tertiary/aromatic N) is 3. The maximum absolute atomic E-state index is 13.2. The number of piperidine rings is 1. The van der Waals surface area contributed by atoms with E-state index in [0.717, 1.165) is 38.5 Å². The van der Waals surface area contributed by atoms with Gasteiger partial charge in [-0.05, 0) is 54.0 Å². The van der Waals surface area contributed by atoms with Gasteiger partial charge >= 0.3 is 6.09 Å². The fraction of sp³-hybridized carbons (Fsp3) is 0.632. The lowest BCUT2D eigenvalue weighted by atomic mass is 9.96. The number of aliphatic hydroxyl groups excluding tert-OH is 4. The van der Waals surface area contributed by atoms with Crippen molar-refractivity contribution in [2.24, 2.45) is 5.92 Å². The van der Waals surface area contributed by atoms with Crippen LogP contribution in [0, 0.1) is 5.92 Å². The molecule has 11 nitrogen and oxygen atoms in total. The predicted octanol–water partition coefficient (Wildman–Crippen LogP) is 3.82. The zero-order valence-corrected chi connectivity index (χ0v) is 29.3. The number of ether oxygens (including phenoxy) is 2. The highest BCUT2D eigenvalue weighted by molar-refractivity contribution is 5.79. The van der Waals surface area contributed by atoms with E-state index in [1.54, 1.807) is 11.9 Å². The summed E-state index contributed by atoms with van der Waals surface area (Å²) in [7, 11) is 1.78. The molecule has 3 atom stereocenters. The zero-order valence-electron chi connectivity index (χ0n) is 29.3. The van der Waals surface area contributed by atoms with Gasteiger partial charge in [0, 0.05) is 58.5 Å². The van der Waals surface area contributed by atoms with Gasteiger partial charge < -0.3 is 44.6 Å². The Hall–Kier alpha value is -3.06. The van der Waals surface area contributed by atoms with Crippen LogP contribution in [0.2, 0.25) is 0 Å². The topological polar surface area (TPSA) is 143 Å². The Bertz CT molecular complexity index is 1260. The Morgan fingerprint density at radius 2 is 1.57 bits per heavy atom. The summed E-state index contributed by atoms with van der Waals surface area (Å²) in [6.45, 7) is 4.99. The number of hydrogen-bond acceptors (Lipinski definition) is 9. The van der Waals surface area contributed by atoms with Gasteiger partial charge in [-0.2, -0.15) is 0 Å². The second kappa shape index (κ2) is 20.0. The van der Waals surface area contributed by atoms with Crippen molar-refractivity contribution < 1.29 is 39.5 Å². The lowest BCUT2D eigenvalue weighted by molar-refractivity contribution is -0.133. The lowest BCUT2D eigenvalue weighted by Gasteiger charge is -2.34. The molecule has 2 aliphatic rings. The number of unbranched alkanes of at least 4 members (excludes halogenated alkanes) is 3. The van der Waals surface area contributed by atoms with Gasteiger partial charge in [0.2, 0.25) is 5.91 Å². The first-order valence-electron chi connectivity index (χ1n) is 18.0. The first-order valence-corrected chi connectivity index (χ1v) is 18.0. The minimum absolute atomic E-state index is 0.0185. The van der Waals surface area contributed by atoms with E-state index < -0.39 is 25.1 Å². The lowest BCUT2D eigenvalue weighted by Crippen LogP contribution is -2.44.